The van der Waals surface area contributed by atoms with Gasteiger partial charge in [0.2, 0.25) is 0 Å². The van der Waals surface area contributed by atoms with Gasteiger partial charge in [-0.25, -0.2) is 9.59 Å². The largest absolute Gasteiger partial charge is 0.479 e. The molecule has 0 fully saturated rings. The molecule has 0 aromatic carbocycles. The van der Waals surface area contributed by atoms with Crippen LogP contribution in [0.4, 0.5) is 4.79 Å². The Morgan fingerprint density at radius 1 is 1.37 bits per heavy atom. The lowest BCUT2D eigenvalue weighted by molar-refractivity contribution is -0.139. The summed E-state index contributed by atoms with van der Waals surface area (Å²) in [5, 5.41) is 16.1. The van der Waals surface area contributed by atoms with Crippen molar-refractivity contribution in [1.29, 1.82) is 0 Å². The van der Waals surface area contributed by atoms with E-state index in [1.54, 1.807) is 17.5 Å². The van der Waals surface area contributed by atoms with Gasteiger partial charge in [0.1, 0.15) is 0 Å². The molecule has 1 aromatic rings. The topological polar surface area (TPSA) is 78.4 Å². The number of urea groups is 1. The standard InChI is InChI=1S/C13H20N2O3S/c1-8(2)9(3)7-14-13(18)15-11(12(16)17)10-5-4-6-19-10/h4-6,8-9,11H,7H2,1-3H3,(H,16,17)(H2,14,15,18). The van der Waals surface area contributed by atoms with E-state index in [0.29, 0.717) is 23.3 Å². The summed E-state index contributed by atoms with van der Waals surface area (Å²) >= 11 is 1.31. The molecule has 0 aliphatic heterocycles. The molecule has 6 heteroatoms. The molecule has 0 saturated carbocycles. The number of rotatable bonds is 6. The molecule has 1 heterocycles. The van der Waals surface area contributed by atoms with Crippen molar-refractivity contribution in [2.75, 3.05) is 6.54 Å². The van der Waals surface area contributed by atoms with Crippen molar-refractivity contribution in [1.82, 2.24) is 10.6 Å². The molecule has 2 unspecified atom stereocenters. The molecule has 0 radical (unpaired) electrons. The third kappa shape index (κ3) is 4.90. The van der Waals surface area contributed by atoms with E-state index < -0.39 is 18.0 Å². The summed E-state index contributed by atoms with van der Waals surface area (Å²) in [6.07, 6.45) is 0. The second-order valence-corrected chi connectivity index (χ2v) is 5.84. The highest BCUT2D eigenvalue weighted by Crippen LogP contribution is 2.19. The predicted molar refractivity (Wildman–Crippen MR) is 75.2 cm³/mol. The van der Waals surface area contributed by atoms with Crippen molar-refractivity contribution in [3.05, 3.63) is 22.4 Å². The van der Waals surface area contributed by atoms with Gasteiger partial charge in [-0.1, -0.05) is 26.8 Å². The SMILES string of the molecule is CC(C)C(C)CNC(=O)NC(C(=O)O)c1cccs1. The molecule has 0 bridgehead atoms. The summed E-state index contributed by atoms with van der Waals surface area (Å²) in [7, 11) is 0. The molecule has 0 aliphatic rings. The van der Waals surface area contributed by atoms with E-state index >= 15 is 0 Å². The molecule has 1 rings (SSSR count). The van der Waals surface area contributed by atoms with Crippen LogP contribution in [-0.4, -0.2) is 23.7 Å². The second-order valence-electron chi connectivity index (χ2n) is 4.86. The monoisotopic (exact) mass is 284 g/mol. The first-order valence-corrected chi connectivity index (χ1v) is 7.10. The van der Waals surface area contributed by atoms with Crippen molar-refractivity contribution in [3.63, 3.8) is 0 Å². The zero-order valence-corrected chi connectivity index (χ0v) is 12.2. The molecule has 106 valence electrons. The Hall–Kier alpha value is -1.56. The smallest absolute Gasteiger partial charge is 0.331 e. The average Bonchev–Trinajstić information content (AvgIpc) is 2.85. The maximum absolute atomic E-state index is 11.7. The van der Waals surface area contributed by atoms with E-state index in [4.69, 9.17) is 5.11 Å². The maximum atomic E-state index is 11.7. The minimum absolute atomic E-state index is 0.343. The first-order chi connectivity index (χ1) is 8.91. The summed E-state index contributed by atoms with van der Waals surface area (Å²) in [6, 6.07) is 2.01. The summed E-state index contributed by atoms with van der Waals surface area (Å²) in [5.74, 6) is -0.252. The number of carbonyl (C=O) groups is 2. The average molecular weight is 284 g/mol. The van der Waals surface area contributed by atoms with Crippen LogP contribution >= 0.6 is 11.3 Å². The van der Waals surface area contributed by atoms with E-state index in [0.717, 1.165) is 0 Å². The molecule has 0 saturated heterocycles. The Morgan fingerprint density at radius 3 is 2.53 bits per heavy atom. The van der Waals surface area contributed by atoms with Gasteiger partial charge in [-0.3, -0.25) is 0 Å². The van der Waals surface area contributed by atoms with Crippen LogP contribution in [0.2, 0.25) is 0 Å². The van der Waals surface area contributed by atoms with Gasteiger partial charge in [0.05, 0.1) is 0 Å². The highest BCUT2D eigenvalue weighted by Gasteiger charge is 2.23. The Labute approximate surface area is 117 Å². The third-order valence-corrected chi connectivity index (χ3v) is 4.01. The number of nitrogens with one attached hydrogen (secondary N) is 2. The van der Waals surface area contributed by atoms with Crippen LogP contribution in [0, 0.1) is 11.8 Å². The number of carboxylic acid groups (broad SMARTS) is 1. The predicted octanol–water partition coefficient (Wildman–Crippen LogP) is 2.47. The van der Waals surface area contributed by atoms with Gasteiger partial charge in [-0.15, -0.1) is 11.3 Å². The highest BCUT2D eigenvalue weighted by atomic mass is 32.1. The Bertz CT molecular complexity index is 418. The van der Waals surface area contributed by atoms with Gasteiger partial charge in [0, 0.05) is 11.4 Å². The molecular weight excluding hydrogens is 264 g/mol. The van der Waals surface area contributed by atoms with E-state index in [1.807, 2.05) is 6.92 Å². The fourth-order valence-corrected chi connectivity index (χ4v) is 2.15. The first kappa shape index (κ1) is 15.5. The zero-order chi connectivity index (χ0) is 14.4. The molecule has 1 aromatic heterocycles. The minimum atomic E-state index is -1.06. The van der Waals surface area contributed by atoms with Crippen LogP contribution in [0.15, 0.2) is 17.5 Å². The van der Waals surface area contributed by atoms with Crippen LogP contribution in [0.1, 0.15) is 31.7 Å². The summed E-state index contributed by atoms with van der Waals surface area (Å²) < 4.78 is 0. The number of aliphatic carboxylic acids is 1. The fraction of sp³-hybridized carbons (Fsp3) is 0.538. The number of carboxylic acids is 1. The highest BCUT2D eigenvalue weighted by molar-refractivity contribution is 7.10. The van der Waals surface area contributed by atoms with Gasteiger partial charge in [0.25, 0.3) is 0 Å². The Morgan fingerprint density at radius 2 is 2.05 bits per heavy atom. The lowest BCUT2D eigenvalue weighted by atomic mass is 9.98. The molecule has 19 heavy (non-hydrogen) atoms. The Balaban J connectivity index is 2.52. The second kappa shape index (κ2) is 7.13. The quantitative estimate of drug-likeness (QED) is 0.751. The summed E-state index contributed by atoms with van der Waals surface area (Å²) in [5.41, 5.74) is 0. The van der Waals surface area contributed by atoms with Crippen molar-refractivity contribution in [2.24, 2.45) is 11.8 Å². The Kier molecular flexibility index (Phi) is 5.82. The van der Waals surface area contributed by atoms with Gasteiger partial charge >= 0.3 is 12.0 Å². The van der Waals surface area contributed by atoms with Gasteiger partial charge in [0.15, 0.2) is 6.04 Å². The molecule has 2 atom stereocenters. The number of amides is 2. The van der Waals surface area contributed by atoms with Crippen LogP contribution in [0.25, 0.3) is 0 Å². The lowest BCUT2D eigenvalue weighted by Crippen LogP contribution is -2.42. The van der Waals surface area contributed by atoms with Gasteiger partial charge in [-0.2, -0.15) is 0 Å². The van der Waals surface area contributed by atoms with Crippen molar-refractivity contribution in [3.8, 4) is 0 Å². The number of hydrogen-bond donors (Lipinski definition) is 3. The van der Waals surface area contributed by atoms with E-state index in [1.165, 1.54) is 11.3 Å². The van der Waals surface area contributed by atoms with Crippen LogP contribution in [0.5, 0.6) is 0 Å². The van der Waals surface area contributed by atoms with Crippen molar-refractivity contribution < 1.29 is 14.7 Å². The zero-order valence-electron chi connectivity index (χ0n) is 11.3. The minimum Gasteiger partial charge on any atom is -0.479 e. The van der Waals surface area contributed by atoms with Gasteiger partial charge < -0.3 is 15.7 Å². The first-order valence-electron chi connectivity index (χ1n) is 6.22. The normalized spacial score (nSPS) is 13.9. The molecule has 0 spiro atoms. The van der Waals surface area contributed by atoms with Crippen LogP contribution in [-0.2, 0) is 4.79 Å². The molecular formula is C13H20N2O3S. The van der Waals surface area contributed by atoms with Crippen molar-refractivity contribution >= 4 is 23.3 Å². The number of thiophene rings is 1. The fourth-order valence-electron chi connectivity index (χ4n) is 1.38. The van der Waals surface area contributed by atoms with E-state index in [-0.39, 0.29) is 0 Å². The third-order valence-electron chi connectivity index (χ3n) is 3.07. The summed E-state index contributed by atoms with van der Waals surface area (Å²) in [6.45, 7) is 6.73. The molecule has 3 N–H and O–H groups in total. The van der Waals surface area contributed by atoms with E-state index in [2.05, 4.69) is 24.5 Å². The summed E-state index contributed by atoms with van der Waals surface area (Å²) in [4.78, 5) is 23.5. The van der Waals surface area contributed by atoms with Crippen LogP contribution < -0.4 is 10.6 Å². The lowest BCUT2D eigenvalue weighted by Gasteiger charge is -2.18. The van der Waals surface area contributed by atoms with Crippen LogP contribution in [0.3, 0.4) is 0 Å². The van der Waals surface area contributed by atoms with E-state index in [9.17, 15) is 9.59 Å². The van der Waals surface area contributed by atoms with Gasteiger partial charge in [-0.05, 0) is 23.3 Å². The number of carbonyl (C=O) groups excluding carboxylic acids is 1. The molecule has 0 aliphatic carbocycles. The molecule has 5 nitrogen and oxygen atoms in total. The maximum Gasteiger partial charge on any atom is 0.331 e. The molecule has 2 amide bonds. The van der Waals surface area contributed by atoms with Crippen molar-refractivity contribution in [2.45, 2.75) is 26.8 Å². The number of hydrogen-bond acceptors (Lipinski definition) is 3.